The lowest BCUT2D eigenvalue weighted by Gasteiger charge is -2.11. The molecule has 0 aliphatic heterocycles. The monoisotopic (exact) mass is 548 g/mol. The number of hydrogen-bond acceptors (Lipinski definition) is 2. The van der Waals surface area contributed by atoms with E-state index in [0.717, 1.165) is 12.1 Å². The molecule has 3 aromatic rings. The highest BCUT2D eigenvalue weighted by atomic mass is 35.5. The molecule has 0 aromatic heterocycles. The topological polar surface area (TPSA) is 58.2 Å². The smallest absolute Gasteiger partial charge is 0.257 e. The van der Waals surface area contributed by atoms with E-state index in [1.54, 1.807) is 0 Å². The van der Waals surface area contributed by atoms with Gasteiger partial charge in [-0.1, -0.05) is 11.6 Å². The lowest BCUT2D eigenvalue weighted by molar-refractivity contribution is -0.117. The van der Waals surface area contributed by atoms with E-state index in [1.807, 2.05) is 0 Å². The molecule has 4 rings (SSSR count). The summed E-state index contributed by atoms with van der Waals surface area (Å²) in [6, 6.07) is 7.80. The average molecular weight is 550 g/mol. The lowest BCUT2D eigenvalue weighted by Crippen LogP contribution is -2.18. The predicted molar refractivity (Wildman–Crippen MR) is 121 cm³/mol. The summed E-state index contributed by atoms with van der Waals surface area (Å²) in [5.74, 6) is -10.2. The molecule has 12 heteroatoms. The van der Waals surface area contributed by atoms with Gasteiger partial charge >= 0.3 is 0 Å². The van der Waals surface area contributed by atoms with E-state index in [-0.39, 0.29) is 27.5 Å². The first-order valence-corrected chi connectivity index (χ1v) is 10.9. The highest BCUT2D eigenvalue weighted by Crippen LogP contribution is 2.65. The van der Waals surface area contributed by atoms with Gasteiger partial charge in [0.15, 0.2) is 17.5 Å². The van der Waals surface area contributed by atoms with Crippen molar-refractivity contribution in [1.29, 1.82) is 0 Å². The summed E-state index contributed by atoms with van der Waals surface area (Å²) in [6.07, 6.45) is 0. The fourth-order valence-electron chi connectivity index (χ4n) is 3.60. The van der Waals surface area contributed by atoms with Crippen molar-refractivity contribution in [3.8, 4) is 0 Å². The maximum absolute atomic E-state index is 13.9. The number of halogens is 8. The van der Waals surface area contributed by atoms with E-state index in [4.69, 9.17) is 34.8 Å². The minimum Gasteiger partial charge on any atom is -0.326 e. The molecule has 0 unspecified atom stereocenters. The van der Waals surface area contributed by atoms with Crippen LogP contribution < -0.4 is 10.6 Å². The molecule has 1 fully saturated rings. The van der Waals surface area contributed by atoms with Gasteiger partial charge in [0.25, 0.3) is 5.91 Å². The van der Waals surface area contributed by atoms with Crippen LogP contribution >= 0.6 is 34.8 Å². The van der Waals surface area contributed by atoms with Crippen LogP contribution in [0.5, 0.6) is 0 Å². The molecule has 0 spiro atoms. The van der Waals surface area contributed by atoms with Crippen molar-refractivity contribution in [2.24, 2.45) is 5.92 Å². The Bertz CT molecular complexity index is 1350. The van der Waals surface area contributed by atoms with E-state index in [0.29, 0.717) is 18.2 Å². The van der Waals surface area contributed by atoms with Crippen molar-refractivity contribution in [1.82, 2.24) is 0 Å². The highest BCUT2D eigenvalue weighted by Gasteiger charge is 2.67. The largest absolute Gasteiger partial charge is 0.326 e. The van der Waals surface area contributed by atoms with Crippen LogP contribution in [0.3, 0.4) is 0 Å². The fraction of sp³-hybridized carbons (Fsp3) is 0.130. The van der Waals surface area contributed by atoms with Gasteiger partial charge in [-0.2, -0.15) is 0 Å². The lowest BCUT2D eigenvalue weighted by atomic mass is 10.1. The molecule has 2 N–H and O–H groups in total. The Morgan fingerprint density at radius 2 is 1.49 bits per heavy atom. The molecule has 1 aliphatic carbocycles. The Morgan fingerprint density at radius 1 is 0.829 bits per heavy atom. The Hall–Kier alpha value is -2.88. The van der Waals surface area contributed by atoms with E-state index < -0.39 is 57.1 Å². The zero-order chi connectivity index (χ0) is 25.7. The zero-order valence-corrected chi connectivity index (χ0v) is 19.4. The quantitative estimate of drug-likeness (QED) is 0.209. The van der Waals surface area contributed by atoms with Gasteiger partial charge in [-0.3, -0.25) is 9.59 Å². The fourth-order valence-corrected chi connectivity index (χ4v) is 4.63. The molecule has 4 nitrogen and oxygen atoms in total. The van der Waals surface area contributed by atoms with Crippen molar-refractivity contribution in [2.75, 3.05) is 10.6 Å². The summed E-state index contributed by atoms with van der Waals surface area (Å²) in [5, 5.41) is 4.68. The van der Waals surface area contributed by atoms with Gasteiger partial charge in [0, 0.05) is 17.7 Å². The number of hydrogen-bond donors (Lipinski definition) is 2. The number of carbonyl (C=O) groups excluding carboxylic acids is 2. The van der Waals surface area contributed by atoms with Gasteiger partial charge in [0.2, 0.25) is 5.91 Å². The predicted octanol–water partition coefficient (Wildman–Crippen LogP) is 6.81. The van der Waals surface area contributed by atoms with Crippen molar-refractivity contribution in [3.63, 3.8) is 0 Å². The number of nitrogens with one attached hydrogen (secondary N) is 2. The van der Waals surface area contributed by atoms with Gasteiger partial charge in [0.05, 0.1) is 22.2 Å². The van der Waals surface area contributed by atoms with Gasteiger partial charge in [-0.15, -0.1) is 23.2 Å². The number of anilines is 2. The number of amides is 2. The van der Waals surface area contributed by atoms with Crippen molar-refractivity contribution < 1.29 is 31.5 Å². The second-order valence-electron chi connectivity index (χ2n) is 7.69. The number of benzene rings is 3. The van der Waals surface area contributed by atoms with Crippen molar-refractivity contribution >= 4 is 58.0 Å². The number of alkyl halides is 2. The molecule has 35 heavy (non-hydrogen) atoms. The van der Waals surface area contributed by atoms with Crippen molar-refractivity contribution in [3.05, 3.63) is 93.8 Å². The first kappa shape index (κ1) is 25.2. The Morgan fingerprint density at radius 3 is 2.11 bits per heavy atom. The molecule has 1 saturated carbocycles. The van der Waals surface area contributed by atoms with Gasteiger partial charge in [0.1, 0.15) is 16.0 Å². The average Bonchev–Trinajstić information content (AvgIpc) is 3.37. The maximum Gasteiger partial charge on any atom is 0.257 e. The molecule has 182 valence electrons. The SMILES string of the molecule is O=C(Nc1ccc(F)cc1F)c1cc(NC(=O)[C@H]2[C@H](c3cc(F)c(F)c(F)c3)C2(Cl)Cl)ccc1Cl. The third-order valence-electron chi connectivity index (χ3n) is 5.36. The second kappa shape index (κ2) is 9.29. The summed E-state index contributed by atoms with van der Waals surface area (Å²) in [4.78, 5) is 25.4. The van der Waals surface area contributed by atoms with E-state index in [1.165, 1.54) is 18.2 Å². The highest BCUT2D eigenvalue weighted by molar-refractivity contribution is 6.53. The van der Waals surface area contributed by atoms with E-state index >= 15 is 0 Å². The molecule has 1 aliphatic rings. The molecule has 3 aromatic carbocycles. The van der Waals surface area contributed by atoms with Crippen LogP contribution in [0.15, 0.2) is 48.5 Å². The third-order valence-corrected chi connectivity index (χ3v) is 6.63. The molecule has 0 saturated heterocycles. The molecule has 2 amide bonds. The standard InChI is InChI=1S/C23H12Cl3F5N2O2/c24-13-3-2-11(8-12(13)21(34)33-17-4-1-10(27)7-14(17)28)32-22(35)19-18(23(19,25)26)9-5-15(29)20(31)16(30)6-9/h1-8,18-19H,(H,32,35)(H,33,34)/t18-,19+/m0/s1. The second-order valence-corrected chi connectivity index (χ2v) is 9.54. The normalized spacial score (nSPS) is 18.2. The molecular weight excluding hydrogens is 538 g/mol. The third kappa shape index (κ3) is 4.94. The molecule has 0 bridgehead atoms. The molecule has 0 radical (unpaired) electrons. The maximum atomic E-state index is 13.9. The summed E-state index contributed by atoms with van der Waals surface area (Å²) < 4.78 is 65.7. The Kier molecular flexibility index (Phi) is 6.70. The zero-order valence-electron chi connectivity index (χ0n) is 17.1. The van der Waals surface area contributed by atoms with E-state index in [2.05, 4.69) is 10.6 Å². The van der Waals surface area contributed by atoms with Gasteiger partial charge < -0.3 is 10.6 Å². The molecular formula is C23H12Cl3F5N2O2. The van der Waals surface area contributed by atoms with Crippen molar-refractivity contribution in [2.45, 2.75) is 10.3 Å². The van der Waals surface area contributed by atoms with Crippen LogP contribution in [0.2, 0.25) is 5.02 Å². The van der Waals surface area contributed by atoms with Crippen LogP contribution in [-0.2, 0) is 4.79 Å². The van der Waals surface area contributed by atoms with Gasteiger partial charge in [-0.05, 0) is 48.0 Å². The van der Waals surface area contributed by atoms with Crippen LogP contribution in [0.4, 0.5) is 33.3 Å². The minimum absolute atomic E-state index is 0.0337. The summed E-state index contributed by atoms with van der Waals surface area (Å²) >= 11 is 18.4. The van der Waals surface area contributed by atoms with Gasteiger partial charge in [-0.25, -0.2) is 22.0 Å². The Labute approximate surface area is 210 Å². The van der Waals surface area contributed by atoms with E-state index in [9.17, 15) is 31.5 Å². The molecule has 2 atom stereocenters. The van der Waals surface area contributed by atoms with Crippen LogP contribution in [0, 0.1) is 35.0 Å². The number of carbonyl (C=O) groups is 2. The first-order valence-electron chi connectivity index (χ1n) is 9.79. The number of rotatable bonds is 5. The first-order chi connectivity index (χ1) is 16.4. The summed E-state index contributed by atoms with van der Waals surface area (Å²) in [7, 11) is 0. The summed E-state index contributed by atoms with van der Waals surface area (Å²) in [6.45, 7) is 0. The molecule has 0 heterocycles. The van der Waals surface area contributed by atoms with Crippen LogP contribution in [0.25, 0.3) is 0 Å². The summed E-state index contributed by atoms with van der Waals surface area (Å²) in [5.41, 5.74) is -0.471. The Balaban J connectivity index is 1.52. The minimum atomic E-state index is -1.73. The van der Waals surface area contributed by atoms with Crippen LogP contribution in [-0.4, -0.2) is 16.1 Å². The van der Waals surface area contributed by atoms with Crippen LogP contribution in [0.1, 0.15) is 21.8 Å².